The summed E-state index contributed by atoms with van der Waals surface area (Å²) in [5, 5.41) is 3.01. The lowest BCUT2D eigenvalue weighted by Gasteiger charge is -2.39. The highest BCUT2D eigenvalue weighted by Crippen LogP contribution is 2.36. The Balaban J connectivity index is 1.37. The summed E-state index contributed by atoms with van der Waals surface area (Å²) in [5.41, 5.74) is 0. The third-order valence-corrected chi connectivity index (χ3v) is 5.36. The molecule has 2 aromatic rings. The Morgan fingerprint density at radius 1 is 1.26 bits per heavy atom. The zero-order valence-corrected chi connectivity index (χ0v) is 13.7. The van der Waals surface area contributed by atoms with Gasteiger partial charge in [-0.25, -0.2) is 9.97 Å². The van der Waals surface area contributed by atoms with Crippen LogP contribution in [0.25, 0.3) is 0 Å². The summed E-state index contributed by atoms with van der Waals surface area (Å²) in [6.45, 7) is 2.95. The summed E-state index contributed by atoms with van der Waals surface area (Å²) in [5.74, 6) is 1.40. The van der Waals surface area contributed by atoms with Crippen LogP contribution in [0.2, 0.25) is 0 Å². The average molecular weight is 332 g/mol. The molecule has 6 nitrogen and oxygen atoms in total. The molecule has 0 N–H and O–H groups in total. The van der Waals surface area contributed by atoms with E-state index in [-0.39, 0.29) is 6.10 Å². The van der Waals surface area contributed by atoms with Crippen molar-refractivity contribution in [2.75, 3.05) is 24.7 Å². The summed E-state index contributed by atoms with van der Waals surface area (Å²) in [6.07, 6.45) is 9.60. The molecule has 1 saturated heterocycles. The van der Waals surface area contributed by atoms with Crippen LogP contribution in [0.1, 0.15) is 17.8 Å². The van der Waals surface area contributed by atoms with Gasteiger partial charge in [0, 0.05) is 36.4 Å². The number of anilines is 1. The molecule has 0 spiro atoms. The first-order valence-corrected chi connectivity index (χ1v) is 8.90. The lowest BCUT2D eigenvalue weighted by molar-refractivity contribution is -0.0309. The van der Waals surface area contributed by atoms with Gasteiger partial charge in [-0.3, -0.25) is 4.98 Å². The Bertz CT molecular complexity index is 610. The Morgan fingerprint density at radius 3 is 3.09 bits per heavy atom. The molecule has 7 heteroatoms. The molecule has 0 aromatic carbocycles. The molecule has 0 radical (unpaired) electrons. The highest BCUT2D eigenvalue weighted by Gasteiger charge is 2.43. The van der Waals surface area contributed by atoms with Crippen LogP contribution in [-0.4, -0.2) is 46.9 Å². The van der Waals surface area contributed by atoms with Crippen molar-refractivity contribution < 1.29 is 9.47 Å². The third-order valence-electron chi connectivity index (χ3n) is 4.60. The first-order chi connectivity index (χ1) is 11.4. The van der Waals surface area contributed by atoms with Crippen LogP contribution in [-0.2, 0) is 16.1 Å². The quantitative estimate of drug-likeness (QED) is 0.836. The molecule has 122 valence electrons. The lowest BCUT2D eigenvalue weighted by atomic mass is 10.0. The van der Waals surface area contributed by atoms with E-state index in [0.717, 1.165) is 43.4 Å². The molecule has 23 heavy (non-hydrogen) atoms. The Hall–Kier alpha value is -1.57. The zero-order chi connectivity index (χ0) is 15.5. The minimum atomic E-state index is 0.224. The van der Waals surface area contributed by atoms with Crippen LogP contribution in [0.4, 0.5) is 5.82 Å². The van der Waals surface area contributed by atoms with Gasteiger partial charge in [0.2, 0.25) is 0 Å². The van der Waals surface area contributed by atoms with Gasteiger partial charge in [-0.15, -0.1) is 11.3 Å². The first-order valence-electron chi connectivity index (χ1n) is 8.02. The van der Waals surface area contributed by atoms with Gasteiger partial charge in [0.25, 0.3) is 0 Å². The summed E-state index contributed by atoms with van der Waals surface area (Å²) < 4.78 is 11.9. The van der Waals surface area contributed by atoms with E-state index in [2.05, 4.69) is 19.9 Å². The van der Waals surface area contributed by atoms with E-state index in [9.17, 15) is 0 Å². The van der Waals surface area contributed by atoms with Crippen LogP contribution >= 0.6 is 11.3 Å². The number of fused-ring (bicyclic) bond motifs is 1. The second-order valence-corrected chi connectivity index (χ2v) is 6.92. The number of ether oxygens (including phenoxy) is 2. The molecule has 0 unspecified atom stereocenters. The predicted molar refractivity (Wildman–Crippen MR) is 87.4 cm³/mol. The van der Waals surface area contributed by atoms with E-state index in [1.807, 2.05) is 17.8 Å². The molecular formula is C16H20N4O2S. The number of morpholine rings is 1. The number of aromatic nitrogens is 3. The Labute approximate surface area is 139 Å². The topological polar surface area (TPSA) is 60.4 Å². The van der Waals surface area contributed by atoms with E-state index < -0.39 is 0 Å². The van der Waals surface area contributed by atoms with E-state index in [1.165, 1.54) is 0 Å². The van der Waals surface area contributed by atoms with Crippen molar-refractivity contribution in [1.82, 2.24) is 15.0 Å². The van der Waals surface area contributed by atoms with Crippen LogP contribution in [0, 0.1) is 5.92 Å². The van der Waals surface area contributed by atoms with Crippen molar-refractivity contribution >= 4 is 17.2 Å². The molecule has 1 aliphatic heterocycles. The summed E-state index contributed by atoms with van der Waals surface area (Å²) >= 11 is 1.64. The maximum atomic E-state index is 6.07. The number of hydrogen-bond acceptors (Lipinski definition) is 7. The van der Waals surface area contributed by atoms with E-state index >= 15 is 0 Å². The smallest absolute Gasteiger partial charge is 0.147 e. The average Bonchev–Trinajstić information content (AvgIpc) is 3.26. The van der Waals surface area contributed by atoms with Gasteiger partial charge in [-0.05, 0) is 12.8 Å². The Kier molecular flexibility index (Phi) is 4.50. The van der Waals surface area contributed by atoms with Gasteiger partial charge in [0.15, 0.2) is 0 Å². The SMILES string of the molecule is c1cnc(N2CCO[C@@H]3[C@@H](COCc4nccs4)CC[C@H]32)cn1. The van der Waals surface area contributed by atoms with Crippen LogP contribution in [0.15, 0.2) is 30.2 Å². The van der Waals surface area contributed by atoms with Crippen LogP contribution in [0.3, 0.4) is 0 Å². The van der Waals surface area contributed by atoms with E-state index in [1.54, 1.807) is 23.7 Å². The summed E-state index contributed by atoms with van der Waals surface area (Å²) in [6, 6.07) is 0.383. The fraction of sp³-hybridized carbons (Fsp3) is 0.562. The lowest BCUT2D eigenvalue weighted by Crippen LogP contribution is -2.51. The van der Waals surface area contributed by atoms with Gasteiger partial charge in [0.1, 0.15) is 10.8 Å². The van der Waals surface area contributed by atoms with Gasteiger partial charge < -0.3 is 14.4 Å². The van der Waals surface area contributed by atoms with Crippen molar-refractivity contribution in [3.8, 4) is 0 Å². The van der Waals surface area contributed by atoms with Crippen molar-refractivity contribution in [3.63, 3.8) is 0 Å². The molecule has 0 amide bonds. The molecule has 3 heterocycles. The monoisotopic (exact) mass is 332 g/mol. The predicted octanol–water partition coefficient (Wildman–Crippen LogP) is 2.13. The zero-order valence-electron chi connectivity index (χ0n) is 12.9. The van der Waals surface area contributed by atoms with E-state index in [4.69, 9.17) is 9.47 Å². The molecule has 0 bridgehead atoms. The standard InChI is InChI=1S/C16H20N4O2S/c1-2-13-16(12(1)10-21-11-15-19-5-8-23-15)22-7-6-20(13)14-9-17-3-4-18-14/h3-5,8-9,12-13,16H,1-2,6-7,10-11H2/t12-,13-,16-/m1/s1. The number of nitrogens with zero attached hydrogens (tertiary/aromatic N) is 4. The molecular weight excluding hydrogens is 312 g/mol. The fourth-order valence-corrected chi connectivity index (χ4v) is 4.14. The fourth-order valence-electron chi connectivity index (χ4n) is 3.58. The summed E-state index contributed by atoms with van der Waals surface area (Å²) in [4.78, 5) is 15.3. The highest BCUT2D eigenvalue weighted by molar-refractivity contribution is 7.09. The largest absolute Gasteiger partial charge is 0.374 e. The molecule has 1 saturated carbocycles. The molecule has 2 aromatic heterocycles. The second kappa shape index (κ2) is 6.90. The third kappa shape index (κ3) is 3.22. The van der Waals surface area contributed by atoms with Crippen LogP contribution < -0.4 is 4.90 Å². The molecule has 2 fully saturated rings. The highest BCUT2D eigenvalue weighted by atomic mass is 32.1. The Morgan fingerprint density at radius 2 is 2.26 bits per heavy atom. The van der Waals surface area contributed by atoms with Gasteiger partial charge in [-0.1, -0.05) is 0 Å². The normalized spacial score (nSPS) is 27.1. The maximum absolute atomic E-state index is 6.07. The minimum Gasteiger partial charge on any atom is -0.374 e. The molecule has 4 rings (SSSR count). The van der Waals surface area contributed by atoms with Crippen molar-refractivity contribution in [3.05, 3.63) is 35.2 Å². The minimum absolute atomic E-state index is 0.224. The maximum Gasteiger partial charge on any atom is 0.147 e. The van der Waals surface area contributed by atoms with Crippen LogP contribution in [0.5, 0.6) is 0 Å². The van der Waals surface area contributed by atoms with Gasteiger partial charge >= 0.3 is 0 Å². The molecule has 1 aliphatic carbocycles. The van der Waals surface area contributed by atoms with Crippen molar-refractivity contribution in [2.45, 2.75) is 31.6 Å². The van der Waals surface area contributed by atoms with Gasteiger partial charge in [0.05, 0.1) is 38.2 Å². The summed E-state index contributed by atoms with van der Waals surface area (Å²) in [7, 11) is 0. The first kappa shape index (κ1) is 15.0. The second-order valence-electron chi connectivity index (χ2n) is 5.94. The number of rotatable bonds is 5. The number of thiazole rings is 1. The molecule has 3 atom stereocenters. The van der Waals surface area contributed by atoms with E-state index in [0.29, 0.717) is 18.6 Å². The van der Waals surface area contributed by atoms with Crippen molar-refractivity contribution in [2.24, 2.45) is 5.92 Å². The number of hydrogen-bond donors (Lipinski definition) is 0. The van der Waals surface area contributed by atoms with Gasteiger partial charge in [-0.2, -0.15) is 0 Å². The van der Waals surface area contributed by atoms with Crippen molar-refractivity contribution in [1.29, 1.82) is 0 Å². The molecule has 2 aliphatic rings.